The molecule has 0 radical (unpaired) electrons. The minimum absolute atomic E-state index is 0.0628. The van der Waals surface area contributed by atoms with Gasteiger partial charge < -0.3 is 20.4 Å². The van der Waals surface area contributed by atoms with Crippen molar-refractivity contribution < 1.29 is 55.2 Å². The fraction of sp³-hybridized carbons (Fsp3) is 0.833. The second kappa shape index (κ2) is 47.9. The van der Waals surface area contributed by atoms with E-state index in [9.17, 15) is 19.2 Å². The van der Waals surface area contributed by atoms with Crippen molar-refractivity contribution >= 4 is 23.9 Å². The van der Waals surface area contributed by atoms with Gasteiger partial charge in [0, 0.05) is 25.7 Å². The molecule has 0 amide bonds. The second-order valence-corrected chi connectivity index (χ2v) is 11.8. The Kier molecular flexibility index (Phi) is 52.3. The molecule has 0 aliphatic heterocycles. The first-order chi connectivity index (χ1) is 22.6. The maximum Gasteiger partial charge on any atom is 0.303 e. The van der Waals surface area contributed by atoms with Crippen molar-refractivity contribution in [1.29, 1.82) is 0 Å². The van der Waals surface area contributed by atoms with Gasteiger partial charge in [-0.25, -0.2) is 10.5 Å². The average Bonchev–Trinajstić information content (AvgIpc) is 3.01. The molecule has 0 spiro atoms. The van der Waals surface area contributed by atoms with Gasteiger partial charge in [0.05, 0.1) is 0 Å². The summed E-state index contributed by atoms with van der Waals surface area (Å²) >= 11 is 0. The molecule has 280 valence electrons. The van der Waals surface area contributed by atoms with Gasteiger partial charge in [-0.1, -0.05) is 134 Å². The highest BCUT2D eigenvalue weighted by molar-refractivity contribution is 5.68. The number of hydrogen-bond acceptors (Lipinski definition) is 7. The van der Waals surface area contributed by atoms with Gasteiger partial charge >= 0.3 is 23.9 Å². The van der Waals surface area contributed by atoms with Crippen LogP contribution >= 0.6 is 0 Å². The van der Waals surface area contributed by atoms with Gasteiger partial charge in [0.15, 0.2) is 0 Å². The van der Waals surface area contributed by atoms with Crippen LogP contribution in [0.5, 0.6) is 0 Å². The van der Waals surface area contributed by atoms with E-state index in [1.54, 1.807) is 0 Å². The topological polar surface area (TPSA) is 199 Å². The monoisotopic (exact) mass is 678 g/mol. The fourth-order valence-corrected chi connectivity index (χ4v) is 4.49. The minimum Gasteiger partial charge on any atom is -0.481 e. The quantitative estimate of drug-likeness (QED) is 0.0183. The average molecular weight is 679 g/mol. The molecule has 0 aromatic heterocycles. The van der Waals surface area contributed by atoms with Crippen LogP contribution in [-0.4, -0.2) is 54.8 Å². The molecule has 0 aliphatic carbocycles. The van der Waals surface area contributed by atoms with Gasteiger partial charge in [-0.15, -0.1) is 0 Å². The van der Waals surface area contributed by atoms with E-state index in [1.165, 1.54) is 109 Å². The molecular weight excluding hydrogens is 608 g/mol. The van der Waals surface area contributed by atoms with E-state index in [2.05, 4.69) is 31.0 Å². The lowest BCUT2D eigenvalue weighted by atomic mass is 10.1. The standard InChI is InChI=1S/C18H34O2.C12H24O2.C6H10O4.H2O3/c1-2-3-4-5-6-7-8-9-10-11-12-13-14-15-16-17-18(19)20;1-2-3-4-5-6-7-8-9-10-11-12(13)14;7-5(8)3-1-2-4-6(9)10;1-3-2/h12-13H,2-11,14-17H2,1H3,(H,19,20);2-11H2,1H3,(H,13,14);1-4H2,(H,7,8)(H,9,10);1-2H/b13-12+;;;. The Bertz CT molecular complexity index is 680. The summed E-state index contributed by atoms with van der Waals surface area (Å²) in [5.74, 6) is -3.08. The molecule has 0 saturated heterocycles. The van der Waals surface area contributed by atoms with Gasteiger partial charge in [-0.3, -0.25) is 19.2 Å². The molecule has 0 atom stereocenters. The van der Waals surface area contributed by atoms with Crippen molar-refractivity contribution in [1.82, 2.24) is 0 Å². The molecule has 47 heavy (non-hydrogen) atoms. The smallest absolute Gasteiger partial charge is 0.303 e. The van der Waals surface area contributed by atoms with Crippen LogP contribution < -0.4 is 0 Å². The van der Waals surface area contributed by atoms with E-state index >= 15 is 0 Å². The highest BCUT2D eigenvalue weighted by Gasteiger charge is 1.99. The molecule has 0 heterocycles. The van der Waals surface area contributed by atoms with Gasteiger partial charge in [0.2, 0.25) is 0 Å². The van der Waals surface area contributed by atoms with Crippen molar-refractivity contribution in [3.05, 3.63) is 12.2 Å². The summed E-state index contributed by atoms with van der Waals surface area (Å²) in [4.78, 5) is 40.3. The van der Waals surface area contributed by atoms with Crippen LogP contribution in [0.15, 0.2) is 12.2 Å². The molecule has 11 nitrogen and oxygen atoms in total. The van der Waals surface area contributed by atoms with Crippen LogP contribution in [0.25, 0.3) is 0 Å². The maximum atomic E-state index is 10.3. The fourth-order valence-electron chi connectivity index (χ4n) is 4.49. The lowest BCUT2D eigenvalue weighted by Gasteiger charge is -2.00. The Morgan fingerprint density at radius 1 is 0.383 bits per heavy atom. The molecule has 0 saturated carbocycles. The van der Waals surface area contributed by atoms with Crippen LogP contribution in [0.2, 0.25) is 0 Å². The van der Waals surface area contributed by atoms with Crippen LogP contribution in [0.1, 0.15) is 194 Å². The third-order valence-corrected chi connectivity index (χ3v) is 7.18. The lowest BCUT2D eigenvalue weighted by Crippen LogP contribution is -1.97. The number of rotatable bonds is 30. The number of carboxylic acids is 4. The highest BCUT2D eigenvalue weighted by Crippen LogP contribution is 2.12. The normalized spacial score (nSPS) is 10.2. The van der Waals surface area contributed by atoms with Gasteiger partial charge in [-0.2, -0.15) is 0 Å². The zero-order chi connectivity index (χ0) is 36.2. The molecular formula is C36H70O11. The summed E-state index contributed by atoms with van der Waals surface area (Å²) in [6, 6.07) is 0. The molecule has 0 aromatic rings. The Labute approximate surface area is 284 Å². The maximum absolute atomic E-state index is 10.3. The van der Waals surface area contributed by atoms with Gasteiger partial charge in [0.25, 0.3) is 0 Å². The number of hydrogen-bond donors (Lipinski definition) is 6. The lowest BCUT2D eigenvalue weighted by molar-refractivity contribution is -0.465. The van der Waals surface area contributed by atoms with E-state index in [0.717, 1.165) is 32.1 Å². The van der Waals surface area contributed by atoms with E-state index in [0.29, 0.717) is 25.7 Å². The highest BCUT2D eigenvalue weighted by atomic mass is 17.4. The molecule has 0 bridgehead atoms. The molecule has 6 N–H and O–H groups in total. The number of carboxylic acid groups (broad SMARTS) is 4. The van der Waals surface area contributed by atoms with Crippen LogP contribution in [0.3, 0.4) is 0 Å². The zero-order valence-electron chi connectivity index (χ0n) is 29.7. The van der Waals surface area contributed by atoms with Crippen LogP contribution in [0.4, 0.5) is 0 Å². The van der Waals surface area contributed by atoms with Crippen molar-refractivity contribution in [3.63, 3.8) is 0 Å². The van der Waals surface area contributed by atoms with Crippen molar-refractivity contribution in [3.8, 4) is 0 Å². The molecule has 0 rings (SSSR count). The van der Waals surface area contributed by atoms with E-state index in [1.807, 2.05) is 0 Å². The van der Waals surface area contributed by atoms with Crippen molar-refractivity contribution in [2.24, 2.45) is 0 Å². The summed E-state index contributed by atoms with van der Waals surface area (Å²) in [6.45, 7) is 4.49. The Morgan fingerprint density at radius 2 is 0.574 bits per heavy atom. The number of aliphatic carboxylic acids is 4. The zero-order valence-corrected chi connectivity index (χ0v) is 29.7. The van der Waals surface area contributed by atoms with E-state index in [-0.39, 0.29) is 12.8 Å². The largest absolute Gasteiger partial charge is 0.481 e. The van der Waals surface area contributed by atoms with Crippen molar-refractivity contribution in [2.45, 2.75) is 194 Å². The molecule has 0 aliphatic rings. The third kappa shape index (κ3) is 70.9. The Balaban J connectivity index is -0.000000298. The molecule has 11 heteroatoms. The summed E-state index contributed by atoms with van der Waals surface area (Å²) in [7, 11) is 0. The summed E-state index contributed by atoms with van der Waals surface area (Å²) in [5.41, 5.74) is 0. The predicted octanol–water partition coefficient (Wildman–Crippen LogP) is 10.8. The van der Waals surface area contributed by atoms with Crippen molar-refractivity contribution in [2.75, 3.05) is 0 Å². The molecule has 0 fully saturated rings. The summed E-state index contributed by atoms with van der Waals surface area (Å²) in [5, 5.41) is 48.7. The molecule has 0 aromatic carbocycles. The van der Waals surface area contributed by atoms with Crippen LogP contribution in [0, 0.1) is 0 Å². The van der Waals surface area contributed by atoms with E-state index in [4.69, 9.17) is 30.9 Å². The van der Waals surface area contributed by atoms with E-state index < -0.39 is 23.9 Å². The molecule has 0 unspecified atom stereocenters. The number of carbonyl (C=O) groups is 4. The Hall–Kier alpha value is -2.50. The Morgan fingerprint density at radius 3 is 0.851 bits per heavy atom. The predicted molar refractivity (Wildman–Crippen MR) is 187 cm³/mol. The SMILES string of the molecule is CCCCCCCCCCC/C=C/CCCCC(=O)O.CCCCCCCCCCCC(=O)O.O=C(O)CCCCC(=O)O.OOO. The number of allylic oxidation sites excluding steroid dienone is 2. The van der Waals surface area contributed by atoms with Crippen LogP contribution in [-0.2, 0) is 24.2 Å². The summed E-state index contributed by atoms with van der Waals surface area (Å²) in [6.07, 6.45) is 33.8. The minimum atomic E-state index is -0.870. The van der Waals surface area contributed by atoms with Gasteiger partial charge in [0.1, 0.15) is 0 Å². The first kappa shape index (κ1) is 51.3. The first-order valence-corrected chi connectivity index (χ1v) is 18.1. The summed E-state index contributed by atoms with van der Waals surface area (Å²) < 4.78 is 0. The second-order valence-electron chi connectivity index (χ2n) is 11.8. The first-order valence-electron chi connectivity index (χ1n) is 18.1. The third-order valence-electron chi connectivity index (χ3n) is 7.18. The number of unbranched alkanes of at least 4 members (excludes halogenated alkanes) is 20. The van der Waals surface area contributed by atoms with Gasteiger partial charge in [-0.05, 0) is 51.4 Å².